The van der Waals surface area contributed by atoms with E-state index < -0.39 is 5.76 Å². The van der Waals surface area contributed by atoms with E-state index in [9.17, 15) is 9.59 Å². The van der Waals surface area contributed by atoms with E-state index in [-0.39, 0.29) is 11.7 Å². The van der Waals surface area contributed by atoms with E-state index in [1.54, 1.807) is 18.2 Å². The fraction of sp³-hybridized carbons (Fsp3) is 0.261. The first-order valence-corrected chi connectivity index (χ1v) is 11.2. The highest BCUT2D eigenvalue weighted by Crippen LogP contribution is 2.31. The van der Waals surface area contributed by atoms with Gasteiger partial charge in [0.1, 0.15) is 11.4 Å². The van der Waals surface area contributed by atoms with Crippen LogP contribution in [0.4, 0.5) is 5.69 Å². The Labute approximate surface area is 192 Å². The summed E-state index contributed by atoms with van der Waals surface area (Å²) in [5.41, 5.74) is 2.36. The predicted octanol–water partition coefficient (Wildman–Crippen LogP) is 5.11. The molecule has 0 bridgehead atoms. The van der Waals surface area contributed by atoms with E-state index in [2.05, 4.69) is 42.8 Å². The fourth-order valence-corrected chi connectivity index (χ4v) is 3.96. The molecule has 2 aromatic carbocycles. The number of hydrogen-bond donors (Lipinski definition) is 2. The first-order valence-electron chi connectivity index (χ1n) is 10.4. The van der Waals surface area contributed by atoms with Gasteiger partial charge in [-0.1, -0.05) is 53.0 Å². The molecule has 0 aliphatic heterocycles. The maximum Gasteiger partial charge on any atom is 0.439 e. The van der Waals surface area contributed by atoms with Crippen molar-refractivity contribution < 1.29 is 14.1 Å². The average Bonchev–Trinajstić information content (AvgIpc) is 3.36. The zero-order valence-corrected chi connectivity index (χ0v) is 19.4. The Hall–Kier alpha value is -3.33. The number of amides is 1. The highest BCUT2D eigenvalue weighted by atomic mass is 79.9. The number of fused-ring (bicyclic) bond motifs is 1. The molecule has 0 saturated heterocycles. The van der Waals surface area contributed by atoms with Gasteiger partial charge in [-0.15, -0.1) is 0 Å². The van der Waals surface area contributed by atoms with Gasteiger partial charge in [-0.3, -0.25) is 14.3 Å². The smallest absolute Gasteiger partial charge is 0.439 e. The van der Waals surface area contributed by atoms with Crippen LogP contribution in [0.25, 0.3) is 22.3 Å². The Bertz CT molecular complexity index is 1320. The van der Waals surface area contributed by atoms with Crippen molar-refractivity contribution in [3.63, 3.8) is 0 Å². The summed E-state index contributed by atoms with van der Waals surface area (Å²) in [6.45, 7) is 2.79. The number of aromatic nitrogens is 3. The van der Waals surface area contributed by atoms with Crippen LogP contribution < -0.4 is 15.8 Å². The van der Waals surface area contributed by atoms with Gasteiger partial charge in [-0.25, -0.2) is 4.79 Å². The number of halogens is 1. The van der Waals surface area contributed by atoms with Gasteiger partial charge >= 0.3 is 5.76 Å². The first kappa shape index (κ1) is 21.9. The van der Waals surface area contributed by atoms with Crippen molar-refractivity contribution in [3.05, 3.63) is 63.2 Å². The van der Waals surface area contributed by atoms with Gasteiger partial charge in [0, 0.05) is 22.5 Å². The van der Waals surface area contributed by atoms with Crippen molar-refractivity contribution in [1.82, 2.24) is 14.7 Å². The van der Waals surface area contributed by atoms with Gasteiger partial charge in [0.25, 0.3) is 5.91 Å². The third kappa shape index (κ3) is 4.47. The van der Waals surface area contributed by atoms with Crippen LogP contribution in [0.5, 0.6) is 5.75 Å². The maximum absolute atomic E-state index is 13.2. The monoisotopic (exact) mass is 498 g/mol. The summed E-state index contributed by atoms with van der Waals surface area (Å²) in [6, 6.07) is 12.9. The van der Waals surface area contributed by atoms with E-state index in [0.29, 0.717) is 23.6 Å². The number of rotatable bonds is 8. The first-order chi connectivity index (χ1) is 15.5. The molecule has 8 nitrogen and oxygen atoms in total. The van der Waals surface area contributed by atoms with Crippen molar-refractivity contribution in [3.8, 4) is 17.1 Å². The summed E-state index contributed by atoms with van der Waals surface area (Å²) in [5.74, 6) is 0.0171. The molecule has 0 radical (unpaired) electrons. The van der Waals surface area contributed by atoms with Crippen molar-refractivity contribution in [2.75, 3.05) is 11.9 Å². The number of carbonyl (C=O) groups is 1. The van der Waals surface area contributed by atoms with Gasteiger partial charge in [-0.05, 0) is 36.8 Å². The topological polar surface area (TPSA) is 102 Å². The number of H-pyrrole nitrogens is 1. The van der Waals surface area contributed by atoms with Crippen molar-refractivity contribution in [2.24, 2.45) is 7.05 Å². The number of unbranched alkanes of at least 4 members (excludes halogenated alkanes) is 2. The summed E-state index contributed by atoms with van der Waals surface area (Å²) in [7, 11) is 1.84. The van der Waals surface area contributed by atoms with Crippen LogP contribution >= 0.6 is 15.9 Å². The second-order valence-electron chi connectivity index (χ2n) is 7.43. The van der Waals surface area contributed by atoms with Gasteiger partial charge in [0.05, 0.1) is 17.8 Å². The summed E-state index contributed by atoms with van der Waals surface area (Å²) in [4.78, 5) is 27.1. The summed E-state index contributed by atoms with van der Waals surface area (Å²) < 4.78 is 13.2. The standard InChI is InChI=1S/C23H23BrN4O4/c1-3-4-5-11-31-19-8-6-7-14-12-18(28(2)20(14)19)22(29)25-17-10-9-15(24)13-16(17)21-26-23(30)32-27-21/h6-10,12-13H,3-5,11H2,1-2H3,(H,25,29)(H,26,27,30). The minimum atomic E-state index is -0.669. The molecule has 0 fully saturated rings. The lowest BCUT2D eigenvalue weighted by Crippen LogP contribution is -2.16. The number of aryl methyl sites for hydroxylation is 1. The van der Waals surface area contributed by atoms with Crippen molar-refractivity contribution in [2.45, 2.75) is 26.2 Å². The van der Waals surface area contributed by atoms with Gasteiger partial charge < -0.3 is 14.6 Å². The average molecular weight is 499 g/mol. The van der Waals surface area contributed by atoms with E-state index in [1.165, 1.54) is 0 Å². The molecule has 4 aromatic rings. The number of benzene rings is 2. The predicted molar refractivity (Wildman–Crippen MR) is 126 cm³/mol. The van der Waals surface area contributed by atoms with Crippen LogP contribution in [0, 0.1) is 0 Å². The van der Waals surface area contributed by atoms with Gasteiger partial charge in [0.15, 0.2) is 5.82 Å². The van der Waals surface area contributed by atoms with E-state index in [0.717, 1.165) is 40.4 Å². The van der Waals surface area contributed by atoms with Gasteiger partial charge in [0.2, 0.25) is 0 Å². The Balaban J connectivity index is 1.64. The quantitative estimate of drug-likeness (QED) is 0.328. The van der Waals surface area contributed by atoms with Crippen LogP contribution in [0.3, 0.4) is 0 Å². The zero-order valence-electron chi connectivity index (χ0n) is 17.8. The van der Waals surface area contributed by atoms with Crippen LogP contribution in [-0.2, 0) is 7.05 Å². The second-order valence-corrected chi connectivity index (χ2v) is 8.34. The molecule has 1 amide bonds. The van der Waals surface area contributed by atoms with Crippen LogP contribution in [0.1, 0.15) is 36.7 Å². The van der Waals surface area contributed by atoms with E-state index in [4.69, 9.17) is 4.74 Å². The largest absolute Gasteiger partial charge is 0.491 e. The molecule has 9 heteroatoms. The number of aromatic amines is 1. The number of para-hydroxylation sites is 1. The Kier molecular flexibility index (Phi) is 6.45. The molecule has 0 aliphatic rings. The molecule has 4 rings (SSSR count). The number of hydrogen-bond acceptors (Lipinski definition) is 5. The molecular formula is C23H23BrN4O4. The van der Waals surface area contributed by atoms with E-state index >= 15 is 0 Å². The van der Waals surface area contributed by atoms with Crippen molar-refractivity contribution in [1.29, 1.82) is 0 Å². The highest BCUT2D eigenvalue weighted by Gasteiger charge is 2.19. The van der Waals surface area contributed by atoms with Crippen LogP contribution in [0.2, 0.25) is 0 Å². The number of ether oxygens (including phenoxy) is 1. The molecule has 32 heavy (non-hydrogen) atoms. The third-order valence-electron chi connectivity index (χ3n) is 5.18. The minimum absolute atomic E-state index is 0.228. The van der Waals surface area contributed by atoms with Crippen molar-refractivity contribution >= 4 is 38.4 Å². The molecule has 0 saturated carbocycles. The Morgan fingerprint density at radius 3 is 2.84 bits per heavy atom. The molecular weight excluding hydrogens is 476 g/mol. The number of nitrogens with zero attached hydrogens (tertiary/aromatic N) is 2. The maximum atomic E-state index is 13.2. The fourth-order valence-electron chi connectivity index (χ4n) is 3.60. The molecule has 0 unspecified atom stereocenters. The zero-order chi connectivity index (χ0) is 22.7. The number of nitrogens with one attached hydrogen (secondary N) is 2. The molecule has 0 spiro atoms. The second kappa shape index (κ2) is 9.44. The highest BCUT2D eigenvalue weighted by molar-refractivity contribution is 9.10. The lowest BCUT2D eigenvalue weighted by molar-refractivity contribution is 0.102. The molecule has 166 valence electrons. The third-order valence-corrected chi connectivity index (χ3v) is 5.68. The molecule has 0 aliphatic carbocycles. The Morgan fingerprint density at radius 1 is 1.25 bits per heavy atom. The van der Waals surface area contributed by atoms with E-state index in [1.807, 2.05) is 35.9 Å². The lowest BCUT2D eigenvalue weighted by Gasteiger charge is -2.12. The lowest BCUT2D eigenvalue weighted by atomic mass is 10.1. The number of carbonyl (C=O) groups excluding carboxylic acids is 1. The van der Waals surface area contributed by atoms with Gasteiger partial charge in [-0.2, -0.15) is 0 Å². The SMILES string of the molecule is CCCCCOc1cccc2cc(C(=O)Nc3ccc(Br)cc3-c3noc(=O)[nH]3)n(C)c12. The molecule has 2 N–H and O–H groups in total. The molecule has 2 heterocycles. The molecule has 0 atom stereocenters. The normalized spacial score (nSPS) is 11.1. The van der Waals surface area contributed by atoms with Crippen LogP contribution in [-0.4, -0.2) is 27.2 Å². The Morgan fingerprint density at radius 2 is 2.09 bits per heavy atom. The summed E-state index contributed by atoms with van der Waals surface area (Å²) in [5, 5.41) is 7.57. The summed E-state index contributed by atoms with van der Waals surface area (Å²) in [6.07, 6.45) is 3.23. The summed E-state index contributed by atoms with van der Waals surface area (Å²) >= 11 is 3.40. The number of anilines is 1. The van der Waals surface area contributed by atoms with Crippen LogP contribution in [0.15, 0.2) is 56.3 Å². The molecule has 2 aromatic heterocycles. The minimum Gasteiger partial charge on any atom is -0.491 e.